The van der Waals surface area contributed by atoms with E-state index in [-0.39, 0.29) is 17.2 Å². The summed E-state index contributed by atoms with van der Waals surface area (Å²) in [6.45, 7) is 2.27. The summed E-state index contributed by atoms with van der Waals surface area (Å²) < 4.78 is 0. The van der Waals surface area contributed by atoms with E-state index in [9.17, 15) is 20.4 Å². The minimum atomic E-state index is -1.00. The zero-order valence-electron chi connectivity index (χ0n) is 13.2. The fourth-order valence-corrected chi connectivity index (χ4v) is 2.34. The van der Waals surface area contributed by atoms with Crippen LogP contribution in [0.4, 0.5) is 0 Å². The largest absolute Gasteiger partial charge is 0.508 e. The van der Waals surface area contributed by atoms with Crippen molar-refractivity contribution in [2.24, 2.45) is 0 Å². The van der Waals surface area contributed by atoms with Crippen LogP contribution in [-0.2, 0) is 12.8 Å². The van der Waals surface area contributed by atoms with Crippen LogP contribution in [0.1, 0.15) is 24.5 Å². The molecule has 0 heterocycles. The molecule has 0 saturated carbocycles. The van der Waals surface area contributed by atoms with Crippen LogP contribution in [0.5, 0.6) is 17.2 Å². The molecule has 0 aliphatic rings. The Morgan fingerprint density at radius 2 is 1.52 bits per heavy atom. The number of hydrogen-bond donors (Lipinski definition) is 5. The second kappa shape index (κ2) is 7.35. The van der Waals surface area contributed by atoms with Crippen LogP contribution in [0.3, 0.4) is 0 Å². The minimum Gasteiger partial charge on any atom is -0.508 e. The average Bonchev–Trinajstić information content (AvgIpc) is 2.50. The lowest BCUT2D eigenvalue weighted by atomic mass is 10.0. The van der Waals surface area contributed by atoms with E-state index in [0.717, 1.165) is 11.1 Å². The summed E-state index contributed by atoms with van der Waals surface area (Å²) in [4.78, 5) is 0. The molecule has 5 N–H and O–H groups in total. The van der Waals surface area contributed by atoms with E-state index in [0.29, 0.717) is 25.8 Å². The quantitative estimate of drug-likeness (QED) is 0.399. The Labute approximate surface area is 135 Å². The summed E-state index contributed by atoms with van der Waals surface area (Å²) in [5.74, 6) is -0.0417. The number of aryl methyl sites for hydroxylation is 1. The van der Waals surface area contributed by atoms with Crippen molar-refractivity contribution in [2.75, 3.05) is 6.54 Å². The van der Waals surface area contributed by atoms with Crippen LogP contribution in [-0.4, -0.2) is 32.7 Å². The SMILES string of the molecule is CC(O)(CCc1ccc(O)cc1)NCCc1ccc(O)c(O)c1. The van der Waals surface area contributed by atoms with Crippen molar-refractivity contribution in [2.45, 2.75) is 31.9 Å². The minimum absolute atomic E-state index is 0.136. The lowest BCUT2D eigenvalue weighted by molar-refractivity contribution is 0.0166. The Kier molecular flexibility index (Phi) is 5.47. The third kappa shape index (κ3) is 5.47. The van der Waals surface area contributed by atoms with E-state index < -0.39 is 5.72 Å². The normalized spacial score (nSPS) is 13.7. The van der Waals surface area contributed by atoms with Gasteiger partial charge in [-0.25, -0.2) is 0 Å². The van der Waals surface area contributed by atoms with Gasteiger partial charge in [0, 0.05) is 6.54 Å². The molecule has 2 aromatic carbocycles. The molecule has 0 aromatic heterocycles. The second-order valence-electron chi connectivity index (χ2n) is 5.94. The first-order chi connectivity index (χ1) is 10.9. The number of aromatic hydroxyl groups is 3. The monoisotopic (exact) mass is 317 g/mol. The van der Waals surface area contributed by atoms with Crippen LogP contribution in [0.25, 0.3) is 0 Å². The molecule has 0 spiro atoms. The van der Waals surface area contributed by atoms with Crippen molar-refractivity contribution < 1.29 is 20.4 Å². The third-order valence-corrected chi connectivity index (χ3v) is 3.80. The number of rotatable bonds is 7. The molecule has 2 aromatic rings. The third-order valence-electron chi connectivity index (χ3n) is 3.80. The molecule has 1 atom stereocenters. The number of aliphatic hydroxyl groups is 1. The summed E-state index contributed by atoms with van der Waals surface area (Å²) in [6.07, 6.45) is 1.86. The highest BCUT2D eigenvalue weighted by molar-refractivity contribution is 5.40. The first-order valence-electron chi connectivity index (χ1n) is 7.62. The Bertz CT molecular complexity index is 638. The molecule has 0 aliphatic carbocycles. The molecular formula is C18H23NO4. The van der Waals surface area contributed by atoms with Gasteiger partial charge in [-0.2, -0.15) is 0 Å². The lowest BCUT2D eigenvalue weighted by Gasteiger charge is -2.25. The molecule has 5 heteroatoms. The van der Waals surface area contributed by atoms with Crippen LogP contribution >= 0.6 is 0 Å². The molecule has 0 saturated heterocycles. The van der Waals surface area contributed by atoms with Gasteiger partial charge in [-0.05, 0) is 61.6 Å². The zero-order valence-corrected chi connectivity index (χ0v) is 13.2. The van der Waals surface area contributed by atoms with Gasteiger partial charge in [0.15, 0.2) is 11.5 Å². The van der Waals surface area contributed by atoms with Crippen molar-refractivity contribution in [1.29, 1.82) is 0 Å². The van der Waals surface area contributed by atoms with Crippen molar-refractivity contribution in [3.63, 3.8) is 0 Å². The molecule has 0 fully saturated rings. The van der Waals surface area contributed by atoms with Gasteiger partial charge < -0.3 is 20.4 Å². The second-order valence-corrected chi connectivity index (χ2v) is 5.94. The summed E-state index contributed by atoms with van der Waals surface area (Å²) in [7, 11) is 0. The molecule has 2 rings (SSSR count). The van der Waals surface area contributed by atoms with E-state index in [1.54, 1.807) is 25.1 Å². The highest BCUT2D eigenvalue weighted by atomic mass is 16.3. The predicted molar refractivity (Wildman–Crippen MR) is 88.5 cm³/mol. The Balaban J connectivity index is 1.78. The molecule has 124 valence electrons. The fraction of sp³-hybridized carbons (Fsp3) is 0.333. The van der Waals surface area contributed by atoms with E-state index >= 15 is 0 Å². The maximum absolute atomic E-state index is 10.4. The van der Waals surface area contributed by atoms with Crippen LogP contribution in [0.2, 0.25) is 0 Å². The molecule has 23 heavy (non-hydrogen) atoms. The maximum Gasteiger partial charge on any atom is 0.157 e. The lowest BCUT2D eigenvalue weighted by Crippen LogP contribution is -2.43. The maximum atomic E-state index is 10.4. The first-order valence-corrected chi connectivity index (χ1v) is 7.62. The summed E-state index contributed by atoms with van der Waals surface area (Å²) in [6, 6.07) is 11.6. The Morgan fingerprint density at radius 1 is 0.870 bits per heavy atom. The summed E-state index contributed by atoms with van der Waals surface area (Å²) in [5, 5.41) is 41.4. The molecule has 1 unspecified atom stereocenters. The van der Waals surface area contributed by atoms with Gasteiger partial charge in [0.05, 0.1) is 0 Å². The topological polar surface area (TPSA) is 93.0 Å². The van der Waals surface area contributed by atoms with E-state index in [2.05, 4.69) is 5.32 Å². The first kappa shape index (κ1) is 17.1. The highest BCUT2D eigenvalue weighted by Crippen LogP contribution is 2.25. The van der Waals surface area contributed by atoms with E-state index in [1.165, 1.54) is 12.1 Å². The zero-order chi connectivity index (χ0) is 16.9. The molecular weight excluding hydrogens is 294 g/mol. The smallest absolute Gasteiger partial charge is 0.157 e. The number of phenolic OH excluding ortho intramolecular Hbond substituents is 3. The van der Waals surface area contributed by atoms with Gasteiger partial charge in [0.25, 0.3) is 0 Å². The van der Waals surface area contributed by atoms with Crippen molar-refractivity contribution in [3.05, 3.63) is 53.6 Å². The van der Waals surface area contributed by atoms with Gasteiger partial charge in [0.1, 0.15) is 11.5 Å². The molecule has 0 bridgehead atoms. The number of nitrogens with one attached hydrogen (secondary N) is 1. The average molecular weight is 317 g/mol. The summed E-state index contributed by atoms with van der Waals surface area (Å²) >= 11 is 0. The van der Waals surface area contributed by atoms with Gasteiger partial charge in [-0.15, -0.1) is 0 Å². The number of benzene rings is 2. The fourth-order valence-electron chi connectivity index (χ4n) is 2.34. The van der Waals surface area contributed by atoms with Crippen LogP contribution in [0, 0.1) is 0 Å². The van der Waals surface area contributed by atoms with Gasteiger partial charge >= 0.3 is 0 Å². The summed E-state index contributed by atoms with van der Waals surface area (Å²) in [5.41, 5.74) is 0.923. The van der Waals surface area contributed by atoms with Crippen LogP contribution in [0.15, 0.2) is 42.5 Å². The van der Waals surface area contributed by atoms with Gasteiger partial charge in [-0.1, -0.05) is 18.2 Å². The molecule has 0 radical (unpaired) electrons. The van der Waals surface area contributed by atoms with Crippen LogP contribution < -0.4 is 5.32 Å². The van der Waals surface area contributed by atoms with Crippen molar-refractivity contribution in [3.8, 4) is 17.2 Å². The Hall–Kier alpha value is -2.24. The molecule has 5 nitrogen and oxygen atoms in total. The molecule has 0 aliphatic heterocycles. The molecule has 0 amide bonds. The van der Waals surface area contributed by atoms with Gasteiger partial charge in [0.2, 0.25) is 0 Å². The standard InChI is InChI=1S/C18H23NO4/c1-18(23,10-8-13-2-5-15(20)6-3-13)19-11-9-14-4-7-16(21)17(22)12-14/h2-7,12,19-23H,8-11H2,1H3. The van der Waals surface area contributed by atoms with Crippen molar-refractivity contribution in [1.82, 2.24) is 5.32 Å². The van der Waals surface area contributed by atoms with Gasteiger partial charge in [-0.3, -0.25) is 5.32 Å². The van der Waals surface area contributed by atoms with Crippen molar-refractivity contribution >= 4 is 0 Å². The predicted octanol–water partition coefficient (Wildman–Crippen LogP) is 2.28. The highest BCUT2D eigenvalue weighted by Gasteiger charge is 2.18. The van der Waals surface area contributed by atoms with E-state index in [4.69, 9.17) is 0 Å². The Morgan fingerprint density at radius 3 is 2.17 bits per heavy atom. The van der Waals surface area contributed by atoms with E-state index in [1.807, 2.05) is 12.1 Å². The number of hydrogen-bond acceptors (Lipinski definition) is 5. The number of phenols is 3.